The summed E-state index contributed by atoms with van der Waals surface area (Å²) in [5, 5.41) is 0. The first-order valence-electron chi connectivity index (χ1n) is 17.0. The van der Waals surface area contributed by atoms with Gasteiger partial charge in [0.25, 0.3) is 12.9 Å². The molecule has 1 aromatic rings. The van der Waals surface area contributed by atoms with E-state index in [0.717, 1.165) is 25.7 Å². The van der Waals surface area contributed by atoms with Crippen molar-refractivity contribution in [2.75, 3.05) is 13.2 Å². The molecule has 0 aliphatic heterocycles. The van der Waals surface area contributed by atoms with Gasteiger partial charge in [0.05, 0.1) is 13.2 Å². The van der Waals surface area contributed by atoms with Crippen molar-refractivity contribution in [1.82, 2.24) is 0 Å². The third-order valence-corrected chi connectivity index (χ3v) is 8.24. The minimum Gasteiger partial charge on any atom is -0.468 e. The van der Waals surface area contributed by atoms with Crippen LogP contribution in [0.5, 0.6) is 0 Å². The molecule has 0 radical (unpaired) electrons. The molecular weight excluding hydrogens is 496 g/mol. The van der Waals surface area contributed by atoms with Crippen LogP contribution in [0.2, 0.25) is 0 Å². The lowest BCUT2D eigenvalue weighted by Gasteiger charge is -2.20. The maximum atomic E-state index is 10.4. The lowest BCUT2D eigenvalue weighted by molar-refractivity contribution is -0.129. The van der Waals surface area contributed by atoms with Crippen molar-refractivity contribution in [3.8, 4) is 0 Å². The summed E-state index contributed by atoms with van der Waals surface area (Å²) in [5.74, 6) is 0. The zero-order valence-corrected chi connectivity index (χ0v) is 26.3. The molecule has 0 fully saturated rings. The number of rotatable bonds is 30. The van der Waals surface area contributed by atoms with Gasteiger partial charge in [-0.3, -0.25) is 9.59 Å². The molecular formula is C36H62O4. The Bertz CT molecular complexity index is 730. The number of aryl methyl sites for hydroxylation is 2. The summed E-state index contributed by atoms with van der Waals surface area (Å²) in [6.45, 7) is 6.82. The van der Waals surface area contributed by atoms with Crippen molar-refractivity contribution in [1.29, 1.82) is 0 Å². The van der Waals surface area contributed by atoms with Crippen molar-refractivity contribution in [3.05, 3.63) is 34.4 Å². The van der Waals surface area contributed by atoms with Gasteiger partial charge in [0.2, 0.25) is 0 Å². The Morgan fingerprint density at radius 1 is 0.450 bits per heavy atom. The van der Waals surface area contributed by atoms with Crippen LogP contribution in [0.25, 0.3) is 0 Å². The summed E-state index contributed by atoms with van der Waals surface area (Å²) in [5.41, 5.74) is 6.62. The van der Waals surface area contributed by atoms with Crippen LogP contribution in [0.15, 0.2) is 12.1 Å². The molecule has 1 aromatic carbocycles. The second kappa shape index (κ2) is 27.3. The fraction of sp³-hybridized carbons (Fsp3) is 0.778. The Morgan fingerprint density at radius 3 is 1.18 bits per heavy atom. The first kappa shape index (κ1) is 36.2. The van der Waals surface area contributed by atoms with Gasteiger partial charge in [-0.25, -0.2) is 0 Å². The molecule has 230 valence electrons. The summed E-state index contributed by atoms with van der Waals surface area (Å²) >= 11 is 0. The van der Waals surface area contributed by atoms with Crippen LogP contribution < -0.4 is 0 Å². The van der Waals surface area contributed by atoms with E-state index < -0.39 is 0 Å². The highest BCUT2D eigenvalue weighted by Crippen LogP contribution is 2.28. The van der Waals surface area contributed by atoms with Crippen LogP contribution in [0.3, 0.4) is 0 Å². The molecule has 40 heavy (non-hydrogen) atoms. The van der Waals surface area contributed by atoms with Crippen molar-refractivity contribution < 1.29 is 19.1 Å². The van der Waals surface area contributed by atoms with E-state index in [2.05, 4.69) is 26.0 Å². The predicted molar refractivity (Wildman–Crippen MR) is 169 cm³/mol. The number of carbonyl (C=O) groups is 2. The minimum atomic E-state index is 0.555. The molecule has 0 saturated heterocycles. The average Bonchev–Trinajstić information content (AvgIpc) is 2.97. The Hall–Kier alpha value is -1.84. The Balaban J connectivity index is 2.86. The summed E-state index contributed by atoms with van der Waals surface area (Å²) < 4.78 is 9.68. The van der Waals surface area contributed by atoms with Crippen molar-refractivity contribution in [2.45, 2.75) is 168 Å². The molecule has 0 atom stereocenters. The zero-order valence-electron chi connectivity index (χ0n) is 26.3. The van der Waals surface area contributed by atoms with Gasteiger partial charge >= 0.3 is 0 Å². The maximum Gasteiger partial charge on any atom is 0.293 e. The lowest BCUT2D eigenvalue weighted by Crippen LogP contribution is -2.07. The molecule has 0 heterocycles. The van der Waals surface area contributed by atoms with Gasteiger partial charge in [0.15, 0.2) is 0 Å². The SMILES string of the molecule is CCCCCCCCc1c(CCCCCC)ccc(CCCCCCCOC=O)c1CCCCCCCOC=O. The molecule has 0 bridgehead atoms. The molecule has 0 N–H and O–H groups in total. The van der Waals surface area contributed by atoms with Crippen LogP contribution in [0.1, 0.15) is 165 Å². The Labute approximate surface area is 247 Å². The van der Waals surface area contributed by atoms with E-state index in [1.807, 2.05) is 0 Å². The predicted octanol–water partition coefficient (Wildman–Crippen LogP) is 10.0. The van der Waals surface area contributed by atoms with Crippen molar-refractivity contribution in [3.63, 3.8) is 0 Å². The van der Waals surface area contributed by atoms with Crippen molar-refractivity contribution in [2.24, 2.45) is 0 Å². The topological polar surface area (TPSA) is 52.6 Å². The van der Waals surface area contributed by atoms with E-state index >= 15 is 0 Å². The van der Waals surface area contributed by atoms with Gasteiger partial charge in [-0.15, -0.1) is 0 Å². The monoisotopic (exact) mass is 558 g/mol. The summed E-state index contributed by atoms with van der Waals surface area (Å²) in [6.07, 6.45) is 29.9. The maximum absolute atomic E-state index is 10.4. The van der Waals surface area contributed by atoms with Gasteiger partial charge in [0.1, 0.15) is 0 Å². The third-order valence-electron chi connectivity index (χ3n) is 8.24. The molecule has 0 aliphatic rings. The Kier molecular flexibility index (Phi) is 24.7. The number of unbranched alkanes of at least 4 members (excludes halogenated alkanes) is 16. The smallest absolute Gasteiger partial charge is 0.293 e. The van der Waals surface area contributed by atoms with E-state index in [1.165, 1.54) is 128 Å². The van der Waals surface area contributed by atoms with Gasteiger partial charge in [0, 0.05) is 0 Å². The summed E-state index contributed by atoms with van der Waals surface area (Å²) in [4.78, 5) is 20.7. The van der Waals surface area contributed by atoms with Crippen molar-refractivity contribution >= 4 is 12.9 Å². The molecule has 0 spiro atoms. The molecule has 4 heteroatoms. The highest BCUT2D eigenvalue weighted by atomic mass is 16.5. The molecule has 1 rings (SSSR count). The molecule has 0 unspecified atom stereocenters. The minimum absolute atomic E-state index is 0.555. The highest BCUT2D eigenvalue weighted by Gasteiger charge is 2.14. The lowest BCUT2D eigenvalue weighted by atomic mass is 9.85. The van der Waals surface area contributed by atoms with E-state index in [9.17, 15) is 9.59 Å². The number of benzene rings is 1. The van der Waals surface area contributed by atoms with Crippen LogP contribution in [-0.2, 0) is 44.7 Å². The first-order chi connectivity index (χ1) is 19.8. The number of ether oxygens (including phenoxy) is 2. The van der Waals surface area contributed by atoms with E-state index in [4.69, 9.17) is 9.47 Å². The molecule has 0 aliphatic carbocycles. The first-order valence-corrected chi connectivity index (χ1v) is 17.0. The largest absolute Gasteiger partial charge is 0.468 e. The quantitative estimate of drug-likeness (QED) is 0.0696. The van der Waals surface area contributed by atoms with E-state index in [0.29, 0.717) is 26.2 Å². The number of hydrogen-bond acceptors (Lipinski definition) is 4. The van der Waals surface area contributed by atoms with Gasteiger partial charge in [-0.05, 0) is 86.5 Å². The van der Waals surface area contributed by atoms with Crippen LogP contribution in [0, 0.1) is 0 Å². The highest BCUT2D eigenvalue weighted by molar-refractivity contribution is 5.42. The third kappa shape index (κ3) is 18.5. The Morgan fingerprint density at radius 2 is 0.775 bits per heavy atom. The molecule has 4 nitrogen and oxygen atoms in total. The van der Waals surface area contributed by atoms with E-state index in [1.54, 1.807) is 22.3 Å². The molecule has 0 saturated carbocycles. The number of carbonyl (C=O) groups excluding carboxylic acids is 2. The van der Waals surface area contributed by atoms with Gasteiger partial charge < -0.3 is 9.47 Å². The van der Waals surface area contributed by atoms with E-state index in [-0.39, 0.29) is 0 Å². The van der Waals surface area contributed by atoms with Crippen LogP contribution in [-0.4, -0.2) is 26.2 Å². The average molecular weight is 559 g/mol. The summed E-state index contributed by atoms with van der Waals surface area (Å²) in [7, 11) is 0. The summed E-state index contributed by atoms with van der Waals surface area (Å²) in [6, 6.07) is 4.96. The number of hydrogen-bond donors (Lipinski definition) is 0. The molecule has 0 aromatic heterocycles. The fourth-order valence-electron chi connectivity index (χ4n) is 5.85. The fourth-order valence-corrected chi connectivity index (χ4v) is 5.85. The standard InChI is InChI=1S/C36H62O4/c1-3-5-7-9-13-19-25-35-33(23-17-8-6-4-2)27-28-34(24-18-12-10-15-21-29-39-31-37)36(35)26-20-14-11-16-22-30-40-32-38/h27-28,31-32H,3-26,29-30H2,1-2H3. The van der Waals surface area contributed by atoms with Crippen LogP contribution in [0.4, 0.5) is 0 Å². The zero-order chi connectivity index (χ0) is 28.9. The second-order valence-electron chi connectivity index (χ2n) is 11.6. The van der Waals surface area contributed by atoms with Crippen LogP contribution >= 0.6 is 0 Å². The molecule has 0 amide bonds. The van der Waals surface area contributed by atoms with Gasteiger partial charge in [-0.1, -0.05) is 116 Å². The van der Waals surface area contributed by atoms with Gasteiger partial charge in [-0.2, -0.15) is 0 Å². The second-order valence-corrected chi connectivity index (χ2v) is 11.6. The normalized spacial score (nSPS) is 11.1.